The molecule has 2 aromatic heterocycles. The van der Waals surface area contributed by atoms with Gasteiger partial charge in [0.25, 0.3) is 5.56 Å². The van der Waals surface area contributed by atoms with Crippen LogP contribution in [0.1, 0.15) is 30.0 Å². The summed E-state index contributed by atoms with van der Waals surface area (Å²) >= 11 is 0. The number of nitrogens with zero attached hydrogens (tertiary/aromatic N) is 2. The number of nitrogens with one attached hydrogen (secondary N) is 1. The lowest BCUT2D eigenvalue weighted by Crippen LogP contribution is -2.48. The van der Waals surface area contributed by atoms with Gasteiger partial charge in [-0.2, -0.15) is 0 Å². The van der Waals surface area contributed by atoms with Gasteiger partial charge in [0.15, 0.2) is 11.6 Å². The number of aromatic nitrogens is 2. The lowest BCUT2D eigenvalue weighted by molar-refractivity contribution is -0.172. The van der Waals surface area contributed by atoms with Crippen molar-refractivity contribution >= 4 is 23.0 Å². The third-order valence-electron chi connectivity index (χ3n) is 6.52. The van der Waals surface area contributed by atoms with E-state index in [1.165, 1.54) is 17.7 Å². The Bertz CT molecular complexity index is 1500. The molecule has 1 N–H and O–H groups in total. The number of halogens is 1. The number of hydrogen-bond donors (Lipinski definition) is 1. The number of ether oxygens (including phenoxy) is 4. The summed E-state index contributed by atoms with van der Waals surface area (Å²) in [6, 6.07) is 4.69. The van der Waals surface area contributed by atoms with Gasteiger partial charge in [-0.3, -0.25) is 4.79 Å². The lowest BCUT2D eigenvalue weighted by atomic mass is 9.85. The summed E-state index contributed by atoms with van der Waals surface area (Å²) < 4.78 is 37.4. The van der Waals surface area contributed by atoms with E-state index >= 15 is 0 Å². The number of carbonyl (C=O) groups excluding carboxylic acids is 2. The average Bonchev–Trinajstić information content (AvgIpc) is 3.46. The van der Waals surface area contributed by atoms with Gasteiger partial charge in [-0.1, -0.05) is 6.92 Å². The minimum absolute atomic E-state index is 0.0344. The van der Waals surface area contributed by atoms with Crippen LogP contribution in [0.5, 0.6) is 11.5 Å². The highest BCUT2D eigenvalue weighted by atomic mass is 19.1. The van der Waals surface area contributed by atoms with Gasteiger partial charge in [-0.05, 0) is 18.6 Å². The van der Waals surface area contributed by atoms with E-state index in [-0.39, 0.29) is 54.6 Å². The third-order valence-corrected chi connectivity index (χ3v) is 6.52. The van der Waals surface area contributed by atoms with Crippen molar-refractivity contribution in [1.29, 1.82) is 0 Å². The molecule has 34 heavy (non-hydrogen) atoms. The molecule has 1 amide bonds. The molecule has 0 saturated heterocycles. The SMILES string of the molecule is CC[C@@]1(OC(=O)NC)C(=O)OCc2c1cc1n(c2=O)Cc2cc3c4c(c(F)cc3nc2-1)OCO4. The highest BCUT2D eigenvalue weighted by Gasteiger charge is 2.50. The molecule has 6 rings (SSSR count). The number of hydrogen-bond acceptors (Lipinski definition) is 8. The zero-order valence-electron chi connectivity index (χ0n) is 18.2. The van der Waals surface area contributed by atoms with E-state index < -0.39 is 23.5 Å². The molecule has 3 aromatic rings. The smallest absolute Gasteiger partial charge is 0.408 e. The highest BCUT2D eigenvalue weighted by Crippen LogP contribution is 2.45. The number of esters is 1. The largest absolute Gasteiger partial charge is 0.457 e. The molecular formula is C23H18FN3O7. The Morgan fingerprint density at radius 3 is 2.79 bits per heavy atom. The molecule has 0 unspecified atom stereocenters. The maximum Gasteiger partial charge on any atom is 0.408 e. The van der Waals surface area contributed by atoms with Gasteiger partial charge >= 0.3 is 12.1 Å². The maximum absolute atomic E-state index is 14.5. The van der Waals surface area contributed by atoms with Crippen LogP contribution in [0.25, 0.3) is 22.3 Å². The summed E-state index contributed by atoms with van der Waals surface area (Å²) in [6.07, 6.45) is -0.773. The molecule has 0 bridgehead atoms. The second-order valence-corrected chi connectivity index (χ2v) is 8.20. The maximum atomic E-state index is 14.5. The summed E-state index contributed by atoms with van der Waals surface area (Å²) in [6.45, 7) is 1.56. The Labute approximate surface area is 191 Å². The molecule has 1 atom stereocenters. The first-order chi connectivity index (χ1) is 16.4. The summed E-state index contributed by atoms with van der Waals surface area (Å²) in [5.41, 5.74) is 0.297. The van der Waals surface area contributed by atoms with Gasteiger partial charge in [0, 0.05) is 29.6 Å². The van der Waals surface area contributed by atoms with E-state index in [0.717, 1.165) is 5.56 Å². The van der Waals surface area contributed by atoms with Crippen molar-refractivity contribution in [3.63, 3.8) is 0 Å². The van der Waals surface area contributed by atoms with Crippen LogP contribution in [0.3, 0.4) is 0 Å². The predicted molar refractivity (Wildman–Crippen MR) is 114 cm³/mol. The van der Waals surface area contributed by atoms with E-state index in [0.29, 0.717) is 22.3 Å². The fourth-order valence-electron chi connectivity index (χ4n) is 4.83. The zero-order valence-corrected chi connectivity index (χ0v) is 18.2. The number of rotatable bonds is 2. The van der Waals surface area contributed by atoms with Gasteiger partial charge in [0.1, 0.15) is 6.61 Å². The number of fused-ring (bicyclic) bond motifs is 7. The van der Waals surface area contributed by atoms with Crippen LogP contribution in [0.4, 0.5) is 9.18 Å². The Balaban J connectivity index is 1.59. The number of alkyl carbamates (subject to hydrolysis) is 1. The quantitative estimate of drug-likeness (QED) is 0.447. The lowest BCUT2D eigenvalue weighted by Gasteiger charge is -2.35. The van der Waals surface area contributed by atoms with Crippen molar-refractivity contribution in [3.05, 3.63) is 51.1 Å². The summed E-state index contributed by atoms with van der Waals surface area (Å²) in [7, 11) is 1.37. The number of cyclic esters (lactones) is 1. The zero-order chi connectivity index (χ0) is 23.8. The van der Waals surface area contributed by atoms with Gasteiger partial charge in [0.05, 0.1) is 29.0 Å². The van der Waals surface area contributed by atoms with Crippen LogP contribution in [-0.2, 0) is 33.0 Å². The first-order valence-corrected chi connectivity index (χ1v) is 10.6. The molecule has 0 spiro atoms. The Kier molecular flexibility index (Phi) is 4.17. The van der Waals surface area contributed by atoms with Crippen LogP contribution >= 0.6 is 0 Å². The fraction of sp³-hybridized carbons (Fsp3) is 0.304. The molecular weight excluding hydrogens is 449 g/mol. The van der Waals surface area contributed by atoms with Crippen LogP contribution in [-0.4, -0.2) is 35.5 Å². The predicted octanol–water partition coefficient (Wildman–Crippen LogP) is 2.31. The third kappa shape index (κ3) is 2.54. The second kappa shape index (κ2) is 6.92. The Morgan fingerprint density at radius 1 is 1.24 bits per heavy atom. The standard InChI is InChI=1S/C23H18FN3O7/c1-3-23(34-22(30)25-2)13-5-16-17-10(7-27(16)20(28)12(13)8-31-21(23)29)4-11-15(26-17)6-14(24)19-18(11)32-9-33-19/h4-6H,3,7-9H2,1-2H3,(H,25,30)/t23-/m0/s1. The molecule has 0 aliphatic carbocycles. The van der Waals surface area contributed by atoms with Crippen molar-refractivity contribution in [2.45, 2.75) is 32.1 Å². The van der Waals surface area contributed by atoms with Crippen molar-refractivity contribution in [1.82, 2.24) is 14.9 Å². The van der Waals surface area contributed by atoms with Crippen LogP contribution in [0, 0.1) is 5.82 Å². The molecule has 5 heterocycles. The molecule has 3 aliphatic rings. The molecule has 0 saturated carbocycles. The van der Waals surface area contributed by atoms with Crippen molar-refractivity contribution in [2.75, 3.05) is 13.8 Å². The van der Waals surface area contributed by atoms with E-state index in [2.05, 4.69) is 10.3 Å². The first kappa shape index (κ1) is 20.5. The van der Waals surface area contributed by atoms with E-state index in [1.807, 2.05) is 0 Å². The van der Waals surface area contributed by atoms with Gasteiger partial charge in [-0.15, -0.1) is 0 Å². The van der Waals surface area contributed by atoms with Crippen LogP contribution in [0.2, 0.25) is 0 Å². The first-order valence-electron chi connectivity index (χ1n) is 10.6. The highest BCUT2D eigenvalue weighted by molar-refractivity contribution is 5.92. The van der Waals surface area contributed by atoms with Crippen LogP contribution < -0.4 is 20.3 Å². The molecule has 1 aromatic carbocycles. The second-order valence-electron chi connectivity index (χ2n) is 8.20. The summed E-state index contributed by atoms with van der Waals surface area (Å²) in [5, 5.41) is 2.90. The minimum atomic E-state index is -1.78. The number of carbonyl (C=O) groups is 2. The van der Waals surface area contributed by atoms with Crippen molar-refractivity contribution in [3.8, 4) is 22.9 Å². The number of amides is 1. The average molecular weight is 467 g/mol. The Hall–Kier alpha value is -4.15. The molecule has 0 radical (unpaired) electrons. The van der Waals surface area contributed by atoms with E-state index in [1.54, 1.807) is 19.1 Å². The summed E-state index contributed by atoms with van der Waals surface area (Å²) in [5.74, 6) is -1.04. The molecule has 3 aliphatic heterocycles. The normalized spacial score (nSPS) is 19.3. The topological polar surface area (TPSA) is 118 Å². The fourth-order valence-corrected chi connectivity index (χ4v) is 4.83. The van der Waals surface area contributed by atoms with Crippen molar-refractivity contribution < 1.29 is 32.9 Å². The molecule has 0 fully saturated rings. The molecule has 11 heteroatoms. The molecule has 174 valence electrons. The Morgan fingerprint density at radius 2 is 2.03 bits per heavy atom. The van der Waals surface area contributed by atoms with Crippen LogP contribution in [0.15, 0.2) is 23.0 Å². The number of benzene rings is 1. The van der Waals surface area contributed by atoms with Crippen molar-refractivity contribution in [2.24, 2.45) is 0 Å². The van der Waals surface area contributed by atoms with Gasteiger partial charge in [0.2, 0.25) is 18.1 Å². The van der Waals surface area contributed by atoms with Gasteiger partial charge < -0.3 is 28.8 Å². The minimum Gasteiger partial charge on any atom is -0.457 e. The van der Waals surface area contributed by atoms with E-state index in [4.69, 9.17) is 18.9 Å². The summed E-state index contributed by atoms with van der Waals surface area (Å²) in [4.78, 5) is 43.0. The van der Waals surface area contributed by atoms with E-state index in [9.17, 15) is 18.8 Å². The number of pyridine rings is 2. The van der Waals surface area contributed by atoms with Gasteiger partial charge in [-0.25, -0.2) is 19.0 Å². The monoisotopic (exact) mass is 467 g/mol. The molecule has 10 nitrogen and oxygen atoms in total.